The van der Waals surface area contributed by atoms with Crippen molar-refractivity contribution in [3.63, 3.8) is 0 Å². The van der Waals surface area contributed by atoms with Crippen molar-refractivity contribution in [3.8, 4) is 0 Å². The summed E-state index contributed by atoms with van der Waals surface area (Å²) >= 11 is 6.14. The Hall–Kier alpha value is -2.12. The van der Waals surface area contributed by atoms with Gasteiger partial charge in [-0.2, -0.15) is 0 Å². The summed E-state index contributed by atoms with van der Waals surface area (Å²) in [6.45, 7) is 1.92. The van der Waals surface area contributed by atoms with E-state index in [1.807, 2.05) is 25.1 Å². The van der Waals surface area contributed by atoms with Crippen molar-refractivity contribution in [2.45, 2.75) is 19.4 Å². The van der Waals surface area contributed by atoms with Gasteiger partial charge in [0.1, 0.15) is 5.69 Å². The molecule has 26 heavy (non-hydrogen) atoms. The third kappa shape index (κ3) is 4.16. The molecule has 138 valence electrons. The van der Waals surface area contributed by atoms with E-state index in [4.69, 9.17) is 11.6 Å². The van der Waals surface area contributed by atoms with Gasteiger partial charge >= 0.3 is 0 Å². The molecule has 3 rings (SSSR count). The van der Waals surface area contributed by atoms with Crippen LogP contribution in [0.5, 0.6) is 0 Å². The molecule has 0 spiro atoms. The maximum atomic E-state index is 12.7. The van der Waals surface area contributed by atoms with Crippen LogP contribution in [0, 0.1) is 6.92 Å². The summed E-state index contributed by atoms with van der Waals surface area (Å²) in [7, 11) is -1.43. The van der Waals surface area contributed by atoms with Crippen LogP contribution < -0.4 is 5.32 Å². The fourth-order valence-corrected chi connectivity index (χ4v) is 4.84. The van der Waals surface area contributed by atoms with Crippen LogP contribution in [0.4, 0.5) is 11.4 Å². The first-order valence-electron chi connectivity index (χ1n) is 8.22. The van der Waals surface area contributed by atoms with E-state index in [2.05, 4.69) is 10.3 Å². The molecule has 1 aliphatic rings. The molecule has 1 saturated heterocycles. The van der Waals surface area contributed by atoms with E-state index in [9.17, 15) is 13.2 Å². The molecule has 8 heteroatoms. The number of amides is 1. The number of carbonyl (C=O) groups excluding carboxylic acids is 1. The summed E-state index contributed by atoms with van der Waals surface area (Å²) in [5.74, 6) is -0.161. The molecule has 1 fully saturated rings. The highest BCUT2D eigenvalue weighted by Crippen LogP contribution is 2.24. The predicted octanol–water partition coefficient (Wildman–Crippen LogP) is 3.05. The molecule has 0 radical (unpaired) electrons. The van der Waals surface area contributed by atoms with Gasteiger partial charge in [0.25, 0.3) is 5.91 Å². The Bertz CT molecular complexity index is 946. The van der Waals surface area contributed by atoms with Crippen molar-refractivity contribution in [2.24, 2.45) is 0 Å². The molecule has 1 amide bonds. The topological polar surface area (TPSA) is 79.4 Å². The van der Waals surface area contributed by atoms with Gasteiger partial charge in [-0.05, 0) is 43.2 Å². The van der Waals surface area contributed by atoms with Crippen LogP contribution in [-0.2, 0) is 9.84 Å². The van der Waals surface area contributed by atoms with Crippen molar-refractivity contribution in [1.29, 1.82) is 0 Å². The summed E-state index contributed by atoms with van der Waals surface area (Å²) in [6, 6.07) is 8.72. The lowest BCUT2D eigenvalue weighted by Crippen LogP contribution is -2.38. The fourth-order valence-electron chi connectivity index (χ4n) is 2.89. The standard InChI is InChI=1S/C18H20ClN3O3S/c1-12-3-4-13(9-16(12)19)21-14-5-7-20-17(10-14)18(23)22(2)15-6-8-26(24,25)11-15/h3-5,7,9-10,15H,6,8,11H2,1-2H3,(H,20,21). The van der Waals surface area contributed by atoms with Gasteiger partial charge in [-0.3, -0.25) is 9.78 Å². The molecule has 1 N–H and O–H groups in total. The number of hydrogen-bond donors (Lipinski definition) is 1. The van der Waals surface area contributed by atoms with E-state index in [1.165, 1.54) is 4.90 Å². The summed E-state index contributed by atoms with van der Waals surface area (Å²) in [5, 5.41) is 3.85. The number of aryl methyl sites for hydroxylation is 1. The van der Waals surface area contributed by atoms with Crippen LogP contribution in [0.3, 0.4) is 0 Å². The first-order valence-corrected chi connectivity index (χ1v) is 10.4. The summed E-state index contributed by atoms with van der Waals surface area (Å²) in [4.78, 5) is 18.3. The number of aromatic nitrogens is 1. The zero-order valence-electron chi connectivity index (χ0n) is 14.6. The van der Waals surface area contributed by atoms with Gasteiger partial charge in [-0.15, -0.1) is 0 Å². The molecular formula is C18H20ClN3O3S. The molecule has 0 bridgehead atoms. The second-order valence-corrected chi connectivity index (χ2v) is 9.13. The summed E-state index contributed by atoms with van der Waals surface area (Å²) in [5.41, 5.74) is 2.76. The lowest BCUT2D eigenvalue weighted by molar-refractivity contribution is 0.0742. The minimum absolute atomic E-state index is 0.00897. The number of nitrogens with zero attached hydrogens (tertiary/aromatic N) is 2. The van der Waals surface area contributed by atoms with Gasteiger partial charge in [0, 0.05) is 35.7 Å². The van der Waals surface area contributed by atoms with Gasteiger partial charge in [0.2, 0.25) is 0 Å². The average Bonchev–Trinajstić information content (AvgIpc) is 2.97. The number of hydrogen-bond acceptors (Lipinski definition) is 5. The van der Waals surface area contributed by atoms with Crippen LogP contribution >= 0.6 is 11.6 Å². The first-order chi connectivity index (χ1) is 12.2. The number of halogens is 1. The highest BCUT2D eigenvalue weighted by molar-refractivity contribution is 7.91. The maximum absolute atomic E-state index is 12.7. The van der Waals surface area contributed by atoms with Gasteiger partial charge in [0.15, 0.2) is 9.84 Å². The number of anilines is 2. The smallest absolute Gasteiger partial charge is 0.272 e. The Morgan fingerprint density at radius 1 is 1.27 bits per heavy atom. The van der Waals surface area contributed by atoms with Crippen LogP contribution in [0.15, 0.2) is 36.5 Å². The van der Waals surface area contributed by atoms with Gasteiger partial charge in [-0.1, -0.05) is 17.7 Å². The molecule has 0 saturated carbocycles. The van der Waals surface area contributed by atoms with Gasteiger partial charge in [-0.25, -0.2) is 8.42 Å². The average molecular weight is 394 g/mol. The van der Waals surface area contributed by atoms with Crippen LogP contribution in [-0.4, -0.2) is 48.8 Å². The van der Waals surface area contributed by atoms with Crippen LogP contribution in [0.1, 0.15) is 22.5 Å². The highest BCUT2D eigenvalue weighted by atomic mass is 35.5. The molecule has 6 nitrogen and oxygen atoms in total. The molecule has 1 aromatic carbocycles. The van der Waals surface area contributed by atoms with Crippen molar-refractivity contribution in [3.05, 3.63) is 52.8 Å². The fraction of sp³-hybridized carbons (Fsp3) is 0.333. The number of nitrogens with one attached hydrogen (secondary N) is 1. The number of rotatable bonds is 4. The molecular weight excluding hydrogens is 374 g/mol. The normalized spacial score (nSPS) is 18.5. The quantitative estimate of drug-likeness (QED) is 0.863. The summed E-state index contributed by atoms with van der Waals surface area (Å²) < 4.78 is 23.3. The van der Waals surface area contributed by atoms with E-state index in [1.54, 1.807) is 25.4 Å². The van der Waals surface area contributed by atoms with E-state index >= 15 is 0 Å². The Balaban J connectivity index is 1.76. The van der Waals surface area contributed by atoms with Crippen molar-refractivity contribution >= 4 is 38.7 Å². The Morgan fingerprint density at radius 3 is 2.65 bits per heavy atom. The zero-order chi connectivity index (χ0) is 18.9. The SMILES string of the molecule is Cc1ccc(Nc2ccnc(C(=O)N(C)C3CCS(=O)(=O)C3)c2)cc1Cl. The first kappa shape index (κ1) is 18.7. The molecule has 2 heterocycles. The number of pyridine rings is 1. The Labute approximate surface area is 158 Å². The lowest BCUT2D eigenvalue weighted by atomic mass is 10.2. The van der Waals surface area contributed by atoms with Crippen LogP contribution in [0.2, 0.25) is 5.02 Å². The minimum atomic E-state index is -3.05. The van der Waals surface area contributed by atoms with Gasteiger partial charge < -0.3 is 10.2 Å². The molecule has 0 aliphatic carbocycles. The van der Waals surface area contributed by atoms with Crippen molar-refractivity contribution in [2.75, 3.05) is 23.9 Å². The van der Waals surface area contributed by atoms with E-state index in [0.717, 1.165) is 11.3 Å². The maximum Gasteiger partial charge on any atom is 0.272 e. The van der Waals surface area contributed by atoms with Crippen molar-refractivity contribution < 1.29 is 13.2 Å². The largest absolute Gasteiger partial charge is 0.355 e. The van der Waals surface area contributed by atoms with Gasteiger partial charge in [0.05, 0.1) is 11.5 Å². The number of benzene rings is 1. The molecule has 1 aromatic heterocycles. The summed E-state index contributed by atoms with van der Waals surface area (Å²) in [6.07, 6.45) is 2.01. The Kier molecular flexibility index (Phi) is 5.20. The number of carbonyl (C=O) groups is 1. The second-order valence-electron chi connectivity index (χ2n) is 6.49. The molecule has 1 aliphatic heterocycles. The second kappa shape index (κ2) is 7.25. The Morgan fingerprint density at radius 2 is 2.00 bits per heavy atom. The monoisotopic (exact) mass is 393 g/mol. The lowest BCUT2D eigenvalue weighted by Gasteiger charge is -2.23. The third-order valence-corrected chi connectivity index (χ3v) is 6.67. The zero-order valence-corrected chi connectivity index (χ0v) is 16.1. The third-order valence-electron chi connectivity index (χ3n) is 4.52. The van der Waals surface area contributed by atoms with Crippen LogP contribution in [0.25, 0.3) is 0 Å². The molecule has 1 atom stereocenters. The van der Waals surface area contributed by atoms with Crippen molar-refractivity contribution in [1.82, 2.24) is 9.88 Å². The van der Waals surface area contributed by atoms with E-state index in [-0.39, 0.29) is 29.1 Å². The van der Waals surface area contributed by atoms with E-state index < -0.39 is 9.84 Å². The predicted molar refractivity (Wildman–Crippen MR) is 103 cm³/mol. The molecule has 2 aromatic rings. The minimum Gasteiger partial charge on any atom is -0.355 e. The number of sulfone groups is 1. The molecule has 1 unspecified atom stereocenters. The highest BCUT2D eigenvalue weighted by Gasteiger charge is 2.33. The van der Waals surface area contributed by atoms with E-state index in [0.29, 0.717) is 17.1 Å².